The van der Waals surface area contributed by atoms with Gasteiger partial charge in [-0.15, -0.1) is 0 Å². The van der Waals surface area contributed by atoms with Gasteiger partial charge in [-0.05, 0) is 47.0 Å². The first-order valence-electron chi connectivity index (χ1n) is 14.7. The Hall–Kier alpha value is -5.59. The first-order valence-corrected chi connectivity index (χ1v) is 14.7. The number of furan rings is 1. The zero-order valence-electron chi connectivity index (χ0n) is 23.8. The third kappa shape index (κ3) is 3.13. The molecule has 202 valence electrons. The Balaban J connectivity index is 1.38. The lowest BCUT2D eigenvalue weighted by molar-refractivity contribution is 0.653. The number of rotatable bonds is 2. The van der Waals surface area contributed by atoms with Crippen molar-refractivity contribution < 1.29 is 4.42 Å². The van der Waals surface area contributed by atoms with Crippen molar-refractivity contribution in [2.75, 3.05) is 0 Å². The molecule has 3 nitrogen and oxygen atoms in total. The summed E-state index contributed by atoms with van der Waals surface area (Å²) in [5.41, 5.74) is 12.5. The summed E-state index contributed by atoms with van der Waals surface area (Å²) in [6.07, 6.45) is 0. The van der Waals surface area contributed by atoms with Gasteiger partial charge in [-0.3, -0.25) is 0 Å². The van der Waals surface area contributed by atoms with E-state index in [9.17, 15) is 5.26 Å². The fourth-order valence-corrected chi connectivity index (χ4v) is 7.45. The van der Waals surface area contributed by atoms with Crippen LogP contribution in [0.15, 0.2) is 126 Å². The van der Waals surface area contributed by atoms with Crippen molar-refractivity contribution in [1.29, 1.82) is 5.26 Å². The molecule has 0 fully saturated rings. The van der Waals surface area contributed by atoms with Crippen LogP contribution in [0.5, 0.6) is 0 Å². The quantitative estimate of drug-likeness (QED) is 0.215. The van der Waals surface area contributed by atoms with Crippen LogP contribution >= 0.6 is 0 Å². The van der Waals surface area contributed by atoms with Gasteiger partial charge in [0.1, 0.15) is 11.2 Å². The third-order valence-electron chi connectivity index (χ3n) is 9.45. The second-order valence-electron chi connectivity index (χ2n) is 12.0. The summed E-state index contributed by atoms with van der Waals surface area (Å²) in [7, 11) is 0. The predicted molar refractivity (Wildman–Crippen MR) is 176 cm³/mol. The third-order valence-corrected chi connectivity index (χ3v) is 9.45. The summed E-state index contributed by atoms with van der Waals surface area (Å²) in [5.74, 6) is 0. The number of para-hydroxylation sites is 3. The summed E-state index contributed by atoms with van der Waals surface area (Å²) in [6, 6.07) is 45.0. The van der Waals surface area contributed by atoms with Crippen molar-refractivity contribution in [2.24, 2.45) is 0 Å². The van der Waals surface area contributed by atoms with E-state index in [0.717, 1.165) is 49.8 Å². The number of nitriles is 1. The molecule has 0 amide bonds. The van der Waals surface area contributed by atoms with Crippen molar-refractivity contribution in [3.8, 4) is 34.0 Å². The Labute approximate surface area is 248 Å². The first kappa shape index (κ1) is 24.1. The fraction of sp³-hybridized carbons (Fsp3) is 0.0750. The van der Waals surface area contributed by atoms with Gasteiger partial charge in [0.2, 0.25) is 0 Å². The fourth-order valence-electron chi connectivity index (χ4n) is 7.45. The smallest absolute Gasteiger partial charge is 0.143 e. The molecule has 0 N–H and O–H groups in total. The Morgan fingerprint density at radius 2 is 1.23 bits per heavy atom. The zero-order chi connectivity index (χ0) is 28.9. The Morgan fingerprint density at radius 3 is 2.00 bits per heavy atom. The maximum Gasteiger partial charge on any atom is 0.143 e. The normalized spacial score (nSPS) is 13.5. The van der Waals surface area contributed by atoms with E-state index in [-0.39, 0.29) is 5.41 Å². The Bertz CT molecular complexity index is 2450. The van der Waals surface area contributed by atoms with Gasteiger partial charge in [0.25, 0.3) is 0 Å². The van der Waals surface area contributed by atoms with Gasteiger partial charge in [-0.25, -0.2) is 0 Å². The maximum absolute atomic E-state index is 9.97. The van der Waals surface area contributed by atoms with E-state index in [2.05, 4.69) is 134 Å². The first-order chi connectivity index (χ1) is 21.1. The van der Waals surface area contributed by atoms with Crippen molar-refractivity contribution >= 4 is 43.7 Å². The van der Waals surface area contributed by atoms with Crippen LogP contribution in [-0.2, 0) is 5.41 Å². The van der Waals surface area contributed by atoms with E-state index in [0.29, 0.717) is 5.56 Å². The van der Waals surface area contributed by atoms with E-state index in [1.165, 1.54) is 33.0 Å². The minimum Gasteiger partial charge on any atom is -0.455 e. The molecule has 8 aromatic rings. The van der Waals surface area contributed by atoms with Gasteiger partial charge >= 0.3 is 0 Å². The lowest BCUT2D eigenvalue weighted by Gasteiger charge is -2.21. The number of benzene rings is 6. The van der Waals surface area contributed by atoms with Gasteiger partial charge in [0, 0.05) is 43.7 Å². The molecule has 0 saturated carbocycles. The summed E-state index contributed by atoms with van der Waals surface area (Å²) in [6.45, 7) is 4.59. The minimum absolute atomic E-state index is 0.104. The van der Waals surface area contributed by atoms with E-state index in [1.807, 2.05) is 12.1 Å². The summed E-state index contributed by atoms with van der Waals surface area (Å²) in [4.78, 5) is 0. The number of aromatic nitrogens is 1. The average molecular weight is 551 g/mol. The Kier molecular flexibility index (Phi) is 4.74. The van der Waals surface area contributed by atoms with Crippen LogP contribution in [0.3, 0.4) is 0 Å². The molecule has 2 aromatic heterocycles. The van der Waals surface area contributed by atoms with Gasteiger partial charge in [0.05, 0.1) is 28.4 Å². The van der Waals surface area contributed by atoms with Crippen LogP contribution < -0.4 is 0 Å². The van der Waals surface area contributed by atoms with E-state index >= 15 is 0 Å². The van der Waals surface area contributed by atoms with E-state index < -0.39 is 0 Å². The van der Waals surface area contributed by atoms with Crippen molar-refractivity contribution in [2.45, 2.75) is 19.3 Å². The molecule has 0 unspecified atom stereocenters. The monoisotopic (exact) mass is 550 g/mol. The molecule has 6 aromatic carbocycles. The largest absolute Gasteiger partial charge is 0.455 e. The standard InChI is InChI=1S/C40H26N2O/c1-40(2)32-15-6-3-12-30(32)37-33(40)20-19-29-27-13-9-14-28(38(27)43-39(29)37)31-22-24(23-41)18-21-36(31)42-34-16-7-4-10-25(34)26-11-5-8-17-35(26)42/h3-22H,1-2H3. The van der Waals surface area contributed by atoms with Gasteiger partial charge in [-0.1, -0.05) is 105 Å². The molecule has 0 aliphatic heterocycles. The lowest BCUT2D eigenvalue weighted by atomic mass is 9.82. The highest BCUT2D eigenvalue weighted by atomic mass is 16.3. The van der Waals surface area contributed by atoms with Crippen LogP contribution in [-0.4, -0.2) is 4.57 Å². The number of hydrogen-bond donors (Lipinski definition) is 0. The average Bonchev–Trinajstić information content (AvgIpc) is 3.67. The molecule has 0 radical (unpaired) electrons. The minimum atomic E-state index is -0.104. The molecule has 0 spiro atoms. The van der Waals surface area contributed by atoms with Crippen LogP contribution in [0.2, 0.25) is 0 Å². The number of fused-ring (bicyclic) bond motifs is 10. The molecule has 0 saturated heterocycles. The number of hydrogen-bond acceptors (Lipinski definition) is 2. The van der Waals surface area contributed by atoms with Crippen LogP contribution in [0.25, 0.3) is 71.7 Å². The molecule has 0 bridgehead atoms. The van der Waals surface area contributed by atoms with Crippen LogP contribution in [0.4, 0.5) is 0 Å². The summed E-state index contributed by atoms with van der Waals surface area (Å²) in [5, 5.41) is 14.6. The molecule has 1 aliphatic rings. The topological polar surface area (TPSA) is 41.9 Å². The second kappa shape index (κ2) is 8.47. The summed E-state index contributed by atoms with van der Waals surface area (Å²) >= 11 is 0. The highest BCUT2D eigenvalue weighted by Gasteiger charge is 2.37. The maximum atomic E-state index is 9.97. The summed E-state index contributed by atoms with van der Waals surface area (Å²) < 4.78 is 9.28. The molecule has 3 heteroatoms. The van der Waals surface area contributed by atoms with Gasteiger partial charge in [-0.2, -0.15) is 5.26 Å². The van der Waals surface area contributed by atoms with Crippen LogP contribution in [0, 0.1) is 11.3 Å². The highest BCUT2D eigenvalue weighted by molar-refractivity contribution is 6.15. The molecule has 9 rings (SSSR count). The van der Waals surface area contributed by atoms with E-state index in [1.54, 1.807) is 0 Å². The van der Waals surface area contributed by atoms with Gasteiger partial charge in [0.15, 0.2) is 0 Å². The lowest BCUT2D eigenvalue weighted by Crippen LogP contribution is -2.14. The van der Waals surface area contributed by atoms with E-state index in [4.69, 9.17) is 4.42 Å². The molecular weight excluding hydrogens is 524 g/mol. The molecule has 1 aliphatic carbocycles. The van der Waals surface area contributed by atoms with Crippen molar-refractivity contribution in [3.63, 3.8) is 0 Å². The highest BCUT2D eigenvalue weighted by Crippen LogP contribution is 2.53. The number of nitrogens with zero attached hydrogens (tertiary/aromatic N) is 2. The SMILES string of the molecule is CC1(C)c2ccccc2-c2c1ccc1c2oc2c(-c3cc(C#N)ccc3-n3c4ccccc4c4ccccc43)cccc21. The van der Waals surface area contributed by atoms with Gasteiger partial charge < -0.3 is 8.98 Å². The van der Waals surface area contributed by atoms with Crippen molar-refractivity contribution in [1.82, 2.24) is 4.57 Å². The molecule has 0 atom stereocenters. The second-order valence-corrected chi connectivity index (χ2v) is 12.0. The van der Waals surface area contributed by atoms with Crippen LogP contribution in [0.1, 0.15) is 30.5 Å². The Morgan fingerprint density at radius 1 is 0.581 bits per heavy atom. The predicted octanol–water partition coefficient (Wildman–Crippen LogP) is 10.5. The molecular formula is C40H26N2O. The van der Waals surface area contributed by atoms with Crippen molar-refractivity contribution in [3.05, 3.63) is 138 Å². The molecule has 2 heterocycles. The zero-order valence-corrected chi connectivity index (χ0v) is 23.8. The molecule has 43 heavy (non-hydrogen) atoms.